The molecule has 0 atom stereocenters. The molecule has 0 spiro atoms. The van der Waals surface area contributed by atoms with Crippen molar-refractivity contribution >= 4 is 32.6 Å². The molecular formula is C26H31N5O3S. The molecule has 35 heavy (non-hydrogen) atoms. The van der Waals surface area contributed by atoms with Gasteiger partial charge in [-0.2, -0.15) is 0 Å². The van der Waals surface area contributed by atoms with Gasteiger partial charge in [0.05, 0.1) is 16.0 Å². The number of fused-ring (bicyclic) bond motifs is 1. The van der Waals surface area contributed by atoms with Crippen LogP contribution in [0.2, 0.25) is 0 Å². The highest BCUT2D eigenvalue weighted by atomic mass is 32.2. The maximum absolute atomic E-state index is 12.9. The summed E-state index contributed by atoms with van der Waals surface area (Å²) in [5.74, 6) is 0.125. The van der Waals surface area contributed by atoms with Gasteiger partial charge < -0.3 is 15.4 Å². The van der Waals surface area contributed by atoms with Crippen LogP contribution in [-0.2, 0) is 21.0 Å². The minimum absolute atomic E-state index is 0.0810. The molecule has 2 aromatic heterocycles. The Morgan fingerprint density at radius 1 is 0.971 bits per heavy atom. The lowest BCUT2D eigenvalue weighted by Crippen LogP contribution is -2.21. The molecule has 8 nitrogen and oxygen atoms in total. The van der Waals surface area contributed by atoms with E-state index >= 15 is 0 Å². The van der Waals surface area contributed by atoms with Gasteiger partial charge in [0.15, 0.2) is 0 Å². The number of sulfonamides is 1. The third kappa shape index (κ3) is 4.68. The molecule has 0 saturated carbocycles. The molecule has 0 aliphatic heterocycles. The molecule has 0 amide bonds. The largest absolute Gasteiger partial charge is 0.506 e. The van der Waals surface area contributed by atoms with Gasteiger partial charge in [-0.25, -0.2) is 18.4 Å². The Morgan fingerprint density at radius 3 is 2.20 bits per heavy atom. The number of rotatable bonds is 4. The Kier molecular flexibility index (Phi) is 5.79. The Balaban J connectivity index is 1.71. The number of hydrogen-bond acceptors (Lipinski definition) is 6. The van der Waals surface area contributed by atoms with Crippen LogP contribution in [0.25, 0.3) is 22.2 Å². The van der Waals surface area contributed by atoms with E-state index in [4.69, 9.17) is 5.73 Å². The first-order valence-corrected chi connectivity index (χ1v) is 12.8. The number of benzene rings is 2. The topological polar surface area (TPSA) is 123 Å². The Morgan fingerprint density at radius 2 is 1.63 bits per heavy atom. The van der Waals surface area contributed by atoms with Crippen LogP contribution >= 0.6 is 0 Å². The summed E-state index contributed by atoms with van der Waals surface area (Å²) in [6, 6.07) is 11.5. The van der Waals surface area contributed by atoms with Gasteiger partial charge in [0.2, 0.25) is 0 Å². The van der Waals surface area contributed by atoms with Crippen molar-refractivity contribution in [1.82, 2.24) is 14.5 Å². The molecule has 2 heterocycles. The number of nitrogens with zero attached hydrogens (tertiary/aromatic N) is 3. The standard InChI is InChI=1S/C26H31N5O3S/c1-25(2,3)17-8-10-18(11-9-17)35(33,34)30-20-12-7-16(13-21(20)32)19-14-31(26(4,5)6)24-22(19)23(27)28-15-29-24/h7-15,30,32H,1-6H3,(H2,27,28,29). The first kappa shape index (κ1) is 24.5. The van der Waals surface area contributed by atoms with Gasteiger partial charge >= 0.3 is 0 Å². The molecule has 2 aromatic carbocycles. The average molecular weight is 494 g/mol. The van der Waals surface area contributed by atoms with Crippen molar-refractivity contribution in [2.24, 2.45) is 0 Å². The van der Waals surface area contributed by atoms with Gasteiger partial charge in [-0.1, -0.05) is 39.0 Å². The van der Waals surface area contributed by atoms with Gasteiger partial charge in [0.25, 0.3) is 10.0 Å². The summed E-state index contributed by atoms with van der Waals surface area (Å²) in [4.78, 5) is 8.66. The number of nitrogens with one attached hydrogen (secondary N) is 1. The Labute approximate surface area is 205 Å². The lowest BCUT2D eigenvalue weighted by molar-refractivity contribution is 0.408. The molecule has 4 N–H and O–H groups in total. The normalized spacial score (nSPS) is 12.7. The zero-order valence-corrected chi connectivity index (χ0v) is 21.6. The zero-order valence-electron chi connectivity index (χ0n) is 20.8. The maximum Gasteiger partial charge on any atom is 0.262 e. The number of nitrogens with two attached hydrogens (primary N) is 1. The van der Waals surface area contributed by atoms with E-state index < -0.39 is 10.0 Å². The van der Waals surface area contributed by atoms with Crippen LogP contribution in [0.3, 0.4) is 0 Å². The second kappa shape index (κ2) is 8.27. The number of aromatic hydroxyl groups is 1. The fourth-order valence-electron chi connectivity index (χ4n) is 3.94. The van der Waals surface area contributed by atoms with Crippen LogP contribution in [0.4, 0.5) is 11.5 Å². The van der Waals surface area contributed by atoms with Crippen molar-refractivity contribution in [1.29, 1.82) is 0 Å². The summed E-state index contributed by atoms with van der Waals surface area (Å²) in [5.41, 5.74) is 9.03. The Hall–Kier alpha value is -3.59. The monoisotopic (exact) mass is 493 g/mol. The molecule has 0 fully saturated rings. The van der Waals surface area contributed by atoms with E-state index in [1.54, 1.807) is 30.3 Å². The fourth-order valence-corrected chi connectivity index (χ4v) is 5.01. The summed E-state index contributed by atoms with van der Waals surface area (Å²) in [6.07, 6.45) is 3.35. The quantitative estimate of drug-likeness (QED) is 0.334. The number of hydrogen-bond donors (Lipinski definition) is 3. The van der Waals surface area contributed by atoms with Crippen molar-refractivity contribution < 1.29 is 13.5 Å². The maximum atomic E-state index is 12.9. The lowest BCUT2D eigenvalue weighted by Gasteiger charge is -2.21. The summed E-state index contributed by atoms with van der Waals surface area (Å²) in [5, 5.41) is 11.4. The van der Waals surface area contributed by atoms with E-state index in [9.17, 15) is 13.5 Å². The SMILES string of the molecule is CC(C)(C)c1ccc(S(=O)(=O)Nc2ccc(-c3cn(C(C)(C)C)c4ncnc(N)c34)cc2O)cc1. The summed E-state index contributed by atoms with van der Waals surface area (Å²) < 4.78 is 30.4. The number of nitrogen functional groups attached to an aromatic ring is 1. The van der Waals surface area contributed by atoms with Crippen molar-refractivity contribution in [2.45, 2.75) is 57.4 Å². The lowest BCUT2D eigenvalue weighted by atomic mass is 9.87. The molecular weight excluding hydrogens is 462 g/mol. The molecule has 4 aromatic rings. The van der Waals surface area contributed by atoms with Crippen LogP contribution in [-0.4, -0.2) is 28.1 Å². The van der Waals surface area contributed by atoms with Gasteiger partial charge in [-0.05, 0) is 61.6 Å². The zero-order chi connectivity index (χ0) is 25.8. The second-order valence-corrected chi connectivity index (χ2v) is 12.3. The van der Waals surface area contributed by atoms with E-state index in [1.807, 2.05) is 10.8 Å². The summed E-state index contributed by atoms with van der Waals surface area (Å²) in [6.45, 7) is 12.3. The predicted octanol–water partition coefficient (Wildman–Crippen LogP) is 5.24. The van der Waals surface area contributed by atoms with Crippen molar-refractivity contribution in [2.75, 3.05) is 10.5 Å². The fraction of sp³-hybridized carbons (Fsp3) is 0.308. The minimum atomic E-state index is -3.89. The highest BCUT2D eigenvalue weighted by Crippen LogP contribution is 2.38. The summed E-state index contributed by atoms with van der Waals surface area (Å²) in [7, 11) is -3.89. The van der Waals surface area contributed by atoms with Gasteiger partial charge in [-0.3, -0.25) is 4.72 Å². The smallest absolute Gasteiger partial charge is 0.262 e. The second-order valence-electron chi connectivity index (χ2n) is 10.7. The predicted molar refractivity (Wildman–Crippen MR) is 140 cm³/mol. The molecule has 0 radical (unpaired) electrons. The highest BCUT2D eigenvalue weighted by molar-refractivity contribution is 7.92. The van der Waals surface area contributed by atoms with E-state index in [0.717, 1.165) is 11.1 Å². The van der Waals surface area contributed by atoms with Crippen LogP contribution in [0, 0.1) is 0 Å². The van der Waals surface area contributed by atoms with Crippen LogP contribution < -0.4 is 10.5 Å². The van der Waals surface area contributed by atoms with Crippen LogP contribution in [0.15, 0.2) is 59.9 Å². The number of phenolic OH excluding ortho intramolecular Hbond substituents is 1. The molecule has 0 bridgehead atoms. The Bertz CT molecular complexity index is 1510. The van der Waals surface area contributed by atoms with E-state index in [-0.39, 0.29) is 27.3 Å². The van der Waals surface area contributed by atoms with Crippen LogP contribution in [0.1, 0.15) is 47.1 Å². The van der Waals surface area contributed by atoms with Gasteiger partial charge in [0, 0.05) is 17.3 Å². The summed E-state index contributed by atoms with van der Waals surface area (Å²) >= 11 is 0. The molecule has 0 saturated heterocycles. The van der Waals surface area contributed by atoms with Gasteiger partial charge in [-0.15, -0.1) is 0 Å². The molecule has 0 aliphatic rings. The molecule has 184 valence electrons. The number of phenols is 1. The first-order chi connectivity index (χ1) is 16.2. The third-order valence-corrected chi connectivity index (χ3v) is 7.30. The van der Waals surface area contributed by atoms with Crippen molar-refractivity contribution in [3.63, 3.8) is 0 Å². The van der Waals surface area contributed by atoms with Gasteiger partial charge in [0.1, 0.15) is 23.5 Å². The van der Waals surface area contributed by atoms with E-state index in [0.29, 0.717) is 22.4 Å². The molecule has 0 aliphatic carbocycles. The number of aromatic nitrogens is 3. The minimum Gasteiger partial charge on any atom is -0.506 e. The third-order valence-electron chi connectivity index (χ3n) is 5.92. The van der Waals surface area contributed by atoms with E-state index in [2.05, 4.69) is 56.2 Å². The van der Waals surface area contributed by atoms with Crippen LogP contribution in [0.5, 0.6) is 5.75 Å². The van der Waals surface area contributed by atoms with Crippen molar-refractivity contribution in [3.05, 3.63) is 60.6 Å². The molecule has 4 rings (SSSR count). The molecule has 0 unspecified atom stereocenters. The average Bonchev–Trinajstić information content (AvgIpc) is 3.16. The number of anilines is 2. The molecule has 9 heteroatoms. The van der Waals surface area contributed by atoms with E-state index in [1.165, 1.54) is 18.5 Å². The first-order valence-electron chi connectivity index (χ1n) is 11.3. The highest BCUT2D eigenvalue weighted by Gasteiger charge is 2.23. The van der Waals surface area contributed by atoms with Crippen molar-refractivity contribution in [3.8, 4) is 16.9 Å².